The number of aryl methyl sites for hydroxylation is 1. The van der Waals surface area contributed by atoms with Gasteiger partial charge in [0.15, 0.2) is 0 Å². The van der Waals surface area contributed by atoms with Gasteiger partial charge in [-0.3, -0.25) is 9.69 Å². The van der Waals surface area contributed by atoms with Crippen molar-refractivity contribution in [3.8, 4) is 0 Å². The van der Waals surface area contributed by atoms with Crippen LogP contribution in [0.3, 0.4) is 0 Å². The molecule has 0 aliphatic carbocycles. The van der Waals surface area contributed by atoms with E-state index < -0.39 is 11.4 Å². The van der Waals surface area contributed by atoms with Crippen molar-refractivity contribution in [3.63, 3.8) is 0 Å². The highest BCUT2D eigenvalue weighted by Crippen LogP contribution is 2.42. The Morgan fingerprint density at radius 3 is 2.63 bits per heavy atom. The van der Waals surface area contributed by atoms with E-state index in [0.717, 1.165) is 26.1 Å². The molecule has 8 heteroatoms. The summed E-state index contributed by atoms with van der Waals surface area (Å²) < 4.78 is 20.5. The van der Waals surface area contributed by atoms with Crippen molar-refractivity contribution in [2.45, 2.75) is 38.6 Å². The molecule has 1 fully saturated rings. The van der Waals surface area contributed by atoms with Crippen molar-refractivity contribution >= 4 is 22.9 Å². The lowest BCUT2D eigenvalue weighted by molar-refractivity contribution is -0.118. The number of para-hydroxylation sites is 1. The summed E-state index contributed by atoms with van der Waals surface area (Å²) in [5.74, 6) is 0.114. The number of thiophene rings is 1. The van der Waals surface area contributed by atoms with Gasteiger partial charge in [0.1, 0.15) is 11.4 Å². The van der Waals surface area contributed by atoms with Crippen LogP contribution in [0, 0.1) is 12.7 Å². The van der Waals surface area contributed by atoms with Gasteiger partial charge < -0.3 is 9.32 Å². The van der Waals surface area contributed by atoms with E-state index in [1.54, 1.807) is 36.5 Å². The lowest BCUT2D eigenvalue weighted by Crippen LogP contribution is -2.56. The van der Waals surface area contributed by atoms with Crippen LogP contribution in [-0.2, 0) is 16.8 Å². The van der Waals surface area contributed by atoms with E-state index in [9.17, 15) is 9.18 Å². The highest BCUT2D eigenvalue weighted by molar-refractivity contribution is 7.07. The minimum atomic E-state index is -0.867. The normalized spacial score (nSPS) is 16.5. The molecule has 2 aromatic heterocycles. The fourth-order valence-corrected chi connectivity index (χ4v) is 4.92. The van der Waals surface area contributed by atoms with Gasteiger partial charge in [0.05, 0.1) is 5.69 Å². The molecule has 158 valence electrons. The quantitative estimate of drug-likeness (QED) is 0.590. The molecule has 1 aromatic carbocycles. The molecule has 1 saturated heterocycles. The number of rotatable bonds is 6. The average molecular weight is 429 g/mol. The van der Waals surface area contributed by atoms with Gasteiger partial charge in [0, 0.05) is 33.5 Å². The van der Waals surface area contributed by atoms with Crippen LogP contribution < -0.4 is 4.90 Å². The highest BCUT2D eigenvalue weighted by Gasteiger charge is 2.48. The molecule has 3 aromatic rings. The average Bonchev–Trinajstić information content (AvgIpc) is 3.41. The maximum absolute atomic E-state index is 14.7. The molecule has 0 spiro atoms. The van der Waals surface area contributed by atoms with Gasteiger partial charge in [-0.15, -0.1) is 10.2 Å². The minimum Gasteiger partial charge on any atom is -0.423 e. The molecule has 0 radical (unpaired) electrons. The number of carbonyl (C=O) groups is 1. The Kier molecular flexibility index (Phi) is 5.97. The molecule has 1 aliphatic rings. The van der Waals surface area contributed by atoms with Crippen LogP contribution in [0.1, 0.15) is 37.1 Å². The summed E-state index contributed by atoms with van der Waals surface area (Å²) >= 11 is 1.71. The van der Waals surface area contributed by atoms with Gasteiger partial charge in [-0.25, -0.2) is 4.39 Å². The van der Waals surface area contributed by atoms with Crippen LogP contribution in [0.15, 0.2) is 45.5 Å². The Morgan fingerprint density at radius 2 is 2.03 bits per heavy atom. The van der Waals surface area contributed by atoms with Gasteiger partial charge in [-0.2, -0.15) is 11.3 Å². The maximum Gasteiger partial charge on any atom is 0.242 e. The summed E-state index contributed by atoms with van der Waals surface area (Å²) in [6.07, 6.45) is 2.16. The maximum atomic E-state index is 14.7. The zero-order valence-corrected chi connectivity index (χ0v) is 18.0. The fourth-order valence-electron chi connectivity index (χ4n) is 4.22. The fraction of sp³-hybridized carbons (Fsp3) is 0.409. The Morgan fingerprint density at radius 1 is 1.27 bits per heavy atom. The second-order valence-corrected chi connectivity index (χ2v) is 8.47. The van der Waals surface area contributed by atoms with Crippen molar-refractivity contribution in [1.29, 1.82) is 0 Å². The summed E-state index contributed by atoms with van der Waals surface area (Å²) in [6, 6.07) is 8.50. The molecule has 0 bridgehead atoms. The molecule has 0 saturated carbocycles. The number of likely N-dealkylation sites (tertiary alicyclic amines) is 1. The van der Waals surface area contributed by atoms with Gasteiger partial charge in [0.2, 0.25) is 17.7 Å². The number of piperidine rings is 1. The van der Waals surface area contributed by atoms with E-state index in [0.29, 0.717) is 24.6 Å². The van der Waals surface area contributed by atoms with Gasteiger partial charge in [-0.1, -0.05) is 12.1 Å². The summed E-state index contributed by atoms with van der Waals surface area (Å²) in [7, 11) is 0. The van der Waals surface area contributed by atoms with E-state index >= 15 is 0 Å². The first-order valence-corrected chi connectivity index (χ1v) is 11.0. The lowest BCUT2D eigenvalue weighted by atomic mass is 9.84. The Labute approximate surface area is 179 Å². The van der Waals surface area contributed by atoms with Crippen LogP contribution in [0.4, 0.5) is 10.1 Å². The first-order valence-electron chi connectivity index (χ1n) is 10.1. The minimum absolute atomic E-state index is 0.243. The number of hydrogen-bond donors (Lipinski definition) is 0. The number of aromatic nitrogens is 2. The molecule has 1 aliphatic heterocycles. The van der Waals surface area contributed by atoms with E-state index in [1.165, 1.54) is 23.5 Å². The van der Waals surface area contributed by atoms with Crippen molar-refractivity contribution < 1.29 is 13.6 Å². The van der Waals surface area contributed by atoms with Crippen LogP contribution in [0.5, 0.6) is 0 Å². The van der Waals surface area contributed by atoms with Crippen molar-refractivity contribution in [3.05, 3.63) is 64.3 Å². The van der Waals surface area contributed by atoms with Crippen molar-refractivity contribution in [2.75, 3.05) is 24.5 Å². The van der Waals surface area contributed by atoms with E-state index in [4.69, 9.17) is 4.42 Å². The zero-order valence-electron chi connectivity index (χ0n) is 17.2. The number of anilines is 1. The largest absolute Gasteiger partial charge is 0.423 e. The van der Waals surface area contributed by atoms with Crippen LogP contribution in [0.25, 0.3) is 0 Å². The topological polar surface area (TPSA) is 62.5 Å². The molecular weight excluding hydrogens is 403 g/mol. The lowest BCUT2D eigenvalue weighted by Gasteiger charge is -2.46. The number of carbonyl (C=O) groups excluding carboxylic acids is 1. The Hall–Kier alpha value is -2.58. The molecule has 6 nitrogen and oxygen atoms in total. The third kappa shape index (κ3) is 4.02. The highest BCUT2D eigenvalue weighted by atomic mass is 32.1. The summed E-state index contributed by atoms with van der Waals surface area (Å²) in [5.41, 5.74) is 0.711. The number of benzene rings is 1. The third-order valence-corrected chi connectivity index (χ3v) is 6.47. The molecule has 4 rings (SSSR count). The molecule has 0 atom stereocenters. The predicted octanol–water partition coefficient (Wildman–Crippen LogP) is 4.17. The summed E-state index contributed by atoms with van der Waals surface area (Å²) in [4.78, 5) is 16.7. The zero-order chi connectivity index (χ0) is 21.1. The number of amides is 1. The smallest absolute Gasteiger partial charge is 0.242 e. The molecule has 1 amide bonds. The Bertz CT molecular complexity index is 996. The van der Waals surface area contributed by atoms with Crippen LogP contribution in [0.2, 0.25) is 0 Å². The summed E-state index contributed by atoms with van der Waals surface area (Å²) in [5, 5.41) is 12.5. The van der Waals surface area contributed by atoms with E-state index in [2.05, 4.69) is 31.9 Å². The number of hydrogen-bond acceptors (Lipinski definition) is 6. The molecule has 0 N–H and O–H groups in total. The SMILES string of the molecule is CC(=O)N(c1ccccc1F)C1(c2nnc(C)o2)CCN(CCc2ccsc2)CC1. The molecular formula is C22H25FN4O2S. The molecule has 0 unspecified atom stereocenters. The first-order chi connectivity index (χ1) is 14.5. The van der Waals surface area contributed by atoms with Gasteiger partial charge in [0.25, 0.3) is 0 Å². The van der Waals surface area contributed by atoms with Crippen LogP contribution >= 0.6 is 11.3 Å². The second kappa shape index (κ2) is 8.65. The number of halogens is 1. The van der Waals surface area contributed by atoms with Crippen molar-refractivity contribution in [1.82, 2.24) is 15.1 Å². The standard InChI is InChI=1S/C22H25FN4O2S/c1-16-24-25-21(29-16)22(27(17(2)28)20-6-4-3-5-19(20)23)9-12-26(13-10-22)11-7-18-8-14-30-15-18/h3-6,8,14-15H,7,9-13H2,1-2H3. The molecule has 30 heavy (non-hydrogen) atoms. The molecule has 3 heterocycles. The Balaban J connectivity index is 1.63. The number of nitrogens with zero attached hydrogens (tertiary/aromatic N) is 4. The monoisotopic (exact) mass is 428 g/mol. The first kappa shape index (κ1) is 20.7. The predicted molar refractivity (Wildman–Crippen MR) is 114 cm³/mol. The van der Waals surface area contributed by atoms with E-state index in [-0.39, 0.29) is 11.6 Å². The van der Waals surface area contributed by atoms with E-state index in [1.807, 2.05) is 0 Å². The second-order valence-electron chi connectivity index (χ2n) is 7.69. The summed E-state index contributed by atoms with van der Waals surface area (Å²) in [6.45, 7) is 5.63. The van der Waals surface area contributed by atoms with Gasteiger partial charge in [-0.05, 0) is 53.8 Å². The third-order valence-electron chi connectivity index (χ3n) is 5.74. The van der Waals surface area contributed by atoms with Crippen molar-refractivity contribution in [2.24, 2.45) is 0 Å². The van der Waals surface area contributed by atoms with Gasteiger partial charge >= 0.3 is 0 Å². The van der Waals surface area contributed by atoms with Crippen LogP contribution in [-0.4, -0.2) is 40.6 Å².